The summed E-state index contributed by atoms with van der Waals surface area (Å²) < 4.78 is 44.4. The monoisotopic (exact) mass is 283 g/mol. The van der Waals surface area contributed by atoms with Crippen LogP contribution in [0.3, 0.4) is 0 Å². The fourth-order valence-electron chi connectivity index (χ4n) is 1.34. The standard InChI is InChI=1S/C11H12F3NO2.ClH/c1-2-17-11(16)9(14)10(15)8-6(12)4-3-5-7(8)13;/h3-5,9-10H,2,15H2,1H3;1H/t9?,10-;/m1./s1. The normalized spacial score (nSPS) is 13.4. The molecule has 0 heterocycles. The van der Waals surface area contributed by atoms with E-state index < -0.39 is 35.4 Å². The molecule has 2 N–H and O–H groups in total. The zero-order chi connectivity index (χ0) is 13.0. The number of halogens is 4. The van der Waals surface area contributed by atoms with Crippen LogP contribution in [-0.2, 0) is 9.53 Å². The lowest BCUT2D eigenvalue weighted by Gasteiger charge is -2.16. The highest BCUT2D eigenvalue weighted by Crippen LogP contribution is 2.23. The molecule has 3 nitrogen and oxygen atoms in total. The van der Waals surface area contributed by atoms with Gasteiger partial charge in [-0.15, -0.1) is 12.4 Å². The van der Waals surface area contributed by atoms with E-state index >= 15 is 0 Å². The van der Waals surface area contributed by atoms with E-state index in [-0.39, 0.29) is 19.0 Å². The molecule has 0 aliphatic carbocycles. The minimum absolute atomic E-state index is 0. The van der Waals surface area contributed by atoms with Gasteiger partial charge in [0.15, 0.2) is 0 Å². The number of nitrogens with two attached hydrogens (primary N) is 1. The molecule has 0 amide bonds. The molecular weight excluding hydrogens is 271 g/mol. The molecule has 1 aromatic rings. The number of benzene rings is 1. The van der Waals surface area contributed by atoms with Gasteiger partial charge in [0, 0.05) is 5.56 Å². The van der Waals surface area contributed by atoms with Crippen LogP contribution in [0.15, 0.2) is 18.2 Å². The van der Waals surface area contributed by atoms with Crippen LogP contribution < -0.4 is 5.73 Å². The SMILES string of the molecule is CCOC(=O)C(F)[C@H](N)c1c(F)cccc1F.Cl. The maximum atomic E-state index is 13.5. The number of hydrogen-bond acceptors (Lipinski definition) is 3. The van der Waals surface area contributed by atoms with Crippen molar-refractivity contribution in [3.8, 4) is 0 Å². The third-order valence-electron chi connectivity index (χ3n) is 2.16. The number of rotatable bonds is 4. The van der Waals surface area contributed by atoms with E-state index in [1.165, 1.54) is 6.92 Å². The predicted molar refractivity (Wildman–Crippen MR) is 62.1 cm³/mol. The van der Waals surface area contributed by atoms with Crippen LogP contribution in [0.25, 0.3) is 0 Å². The van der Waals surface area contributed by atoms with E-state index in [0.717, 1.165) is 18.2 Å². The highest BCUT2D eigenvalue weighted by atomic mass is 35.5. The average Bonchev–Trinajstić information content (AvgIpc) is 2.27. The number of carbonyl (C=O) groups is 1. The van der Waals surface area contributed by atoms with Crippen LogP contribution >= 0.6 is 12.4 Å². The Kier molecular flexibility index (Phi) is 6.72. The molecule has 0 radical (unpaired) electrons. The lowest BCUT2D eigenvalue weighted by Crippen LogP contribution is -2.32. The molecule has 0 spiro atoms. The molecule has 1 rings (SSSR count). The molecule has 0 aromatic heterocycles. The molecule has 102 valence electrons. The first kappa shape index (κ1) is 16.7. The largest absolute Gasteiger partial charge is 0.464 e. The summed E-state index contributed by atoms with van der Waals surface area (Å²) in [6.07, 6.45) is -2.30. The van der Waals surface area contributed by atoms with Crippen molar-refractivity contribution < 1.29 is 22.7 Å². The van der Waals surface area contributed by atoms with E-state index in [9.17, 15) is 18.0 Å². The van der Waals surface area contributed by atoms with Gasteiger partial charge in [-0.05, 0) is 19.1 Å². The molecule has 7 heteroatoms. The molecular formula is C11H13ClF3NO2. The Hall–Kier alpha value is -1.27. The summed E-state index contributed by atoms with van der Waals surface area (Å²) in [7, 11) is 0. The van der Waals surface area contributed by atoms with Gasteiger partial charge >= 0.3 is 5.97 Å². The fraction of sp³-hybridized carbons (Fsp3) is 0.364. The third kappa shape index (κ3) is 3.61. The Bertz CT molecular complexity index is 397. The van der Waals surface area contributed by atoms with Crippen molar-refractivity contribution in [2.75, 3.05) is 6.61 Å². The van der Waals surface area contributed by atoms with Crippen molar-refractivity contribution >= 4 is 18.4 Å². The highest BCUT2D eigenvalue weighted by Gasteiger charge is 2.31. The van der Waals surface area contributed by atoms with Crippen molar-refractivity contribution in [1.82, 2.24) is 0 Å². The Morgan fingerprint density at radius 1 is 1.39 bits per heavy atom. The number of esters is 1. The van der Waals surface area contributed by atoms with Crippen LogP contribution in [-0.4, -0.2) is 18.7 Å². The van der Waals surface area contributed by atoms with Crippen molar-refractivity contribution in [3.63, 3.8) is 0 Å². The first-order valence-electron chi connectivity index (χ1n) is 4.99. The average molecular weight is 284 g/mol. The molecule has 1 unspecified atom stereocenters. The minimum Gasteiger partial charge on any atom is -0.464 e. The van der Waals surface area contributed by atoms with Crippen molar-refractivity contribution in [1.29, 1.82) is 0 Å². The molecule has 2 atom stereocenters. The third-order valence-corrected chi connectivity index (χ3v) is 2.16. The van der Waals surface area contributed by atoms with Gasteiger partial charge in [-0.1, -0.05) is 6.07 Å². The lowest BCUT2D eigenvalue weighted by atomic mass is 10.0. The van der Waals surface area contributed by atoms with Gasteiger partial charge < -0.3 is 10.5 Å². The summed E-state index contributed by atoms with van der Waals surface area (Å²) in [6, 6.07) is 1.28. The summed E-state index contributed by atoms with van der Waals surface area (Å²) in [5, 5.41) is 0. The van der Waals surface area contributed by atoms with Crippen LogP contribution in [0.4, 0.5) is 13.2 Å². The van der Waals surface area contributed by atoms with E-state index in [1.807, 2.05) is 0 Å². The zero-order valence-electron chi connectivity index (χ0n) is 9.53. The first-order valence-corrected chi connectivity index (χ1v) is 4.99. The van der Waals surface area contributed by atoms with Crippen LogP contribution in [0.2, 0.25) is 0 Å². The van der Waals surface area contributed by atoms with Gasteiger partial charge in [0.1, 0.15) is 11.6 Å². The zero-order valence-corrected chi connectivity index (χ0v) is 10.3. The summed E-state index contributed by atoms with van der Waals surface area (Å²) in [5.41, 5.74) is 4.66. The Morgan fingerprint density at radius 2 is 1.89 bits per heavy atom. The fourth-order valence-corrected chi connectivity index (χ4v) is 1.34. The predicted octanol–water partition coefficient (Wildman–Crippen LogP) is 2.29. The lowest BCUT2D eigenvalue weighted by molar-refractivity contribution is -0.150. The van der Waals surface area contributed by atoms with Gasteiger partial charge in [-0.2, -0.15) is 0 Å². The summed E-state index contributed by atoms with van der Waals surface area (Å²) in [6.45, 7) is 1.45. The van der Waals surface area contributed by atoms with Crippen molar-refractivity contribution in [3.05, 3.63) is 35.4 Å². The molecule has 0 saturated heterocycles. The van der Waals surface area contributed by atoms with E-state index in [2.05, 4.69) is 4.74 Å². The molecule has 0 aliphatic rings. The van der Waals surface area contributed by atoms with E-state index in [0.29, 0.717) is 0 Å². The minimum atomic E-state index is -2.30. The Labute approximate surface area is 109 Å². The molecule has 0 fully saturated rings. The van der Waals surface area contributed by atoms with Gasteiger partial charge in [-0.3, -0.25) is 0 Å². The van der Waals surface area contributed by atoms with Gasteiger partial charge in [0.05, 0.1) is 12.6 Å². The van der Waals surface area contributed by atoms with Crippen LogP contribution in [0, 0.1) is 11.6 Å². The second kappa shape index (κ2) is 7.23. The van der Waals surface area contributed by atoms with Crippen LogP contribution in [0.5, 0.6) is 0 Å². The number of carbonyl (C=O) groups excluding carboxylic acids is 1. The smallest absolute Gasteiger partial charge is 0.342 e. The maximum Gasteiger partial charge on any atom is 0.342 e. The molecule has 18 heavy (non-hydrogen) atoms. The van der Waals surface area contributed by atoms with Crippen molar-refractivity contribution in [2.45, 2.75) is 19.1 Å². The molecule has 0 bridgehead atoms. The summed E-state index contributed by atoms with van der Waals surface area (Å²) in [5.74, 6) is -3.23. The Balaban J connectivity index is 0.00000289. The van der Waals surface area contributed by atoms with Crippen molar-refractivity contribution in [2.24, 2.45) is 5.73 Å². The molecule has 1 aromatic carbocycles. The van der Waals surface area contributed by atoms with Crippen LogP contribution in [0.1, 0.15) is 18.5 Å². The maximum absolute atomic E-state index is 13.5. The number of alkyl halides is 1. The molecule has 0 aliphatic heterocycles. The quantitative estimate of drug-likeness (QED) is 0.863. The number of ether oxygens (including phenoxy) is 1. The summed E-state index contributed by atoms with van der Waals surface area (Å²) >= 11 is 0. The van der Waals surface area contributed by atoms with E-state index in [4.69, 9.17) is 5.73 Å². The topological polar surface area (TPSA) is 52.3 Å². The van der Waals surface area contributed by atoms with Gasteiger partial charge in [0.25, 0.3) is 0 Å². The highest BCUT2D eigenvalue weighted by molar-refractivity contribution is 5.85. The number of hydrogen-bond donors (Lipinski definition) is 1. The molecule has 0 saturated carbocycles. The Morgan fingerprint density at radius 3 is 2.33 bits per heavy atom. The van der Waals surface area contributed by atoms with Gasteiger partial charge in [0.2, 0.25) is 6.17 Å². The van der Waals surface area contributed by atoms with E-state index in [1.54, 1.807) is 0 Å². The van der Waals surface area contributed by atoms with Gasteiger partial charge in [-0.25, -0.2) is 18.0 Å². The second-order valence-electron chi connectivity index (χ2n) is 3.31. The second-order valence-corrected chi connectivity index (χ2v) is 3.31. The summed E-state index contributed by atoms with van der Waals surface area (Å²) in [4.78, 5) is 11.1. The first-order chi connectivity index (χ1) is 7.99.